The van der Waals surface area contributed by atoms with Crippen LogP contribution in [0, 0.1) is 6.92 Å². The molecular weight excluding hydrogens is 537 g/mol. The number of rotatable bonds is 10. The maximum absolute atomic E-state index is 13.1. The van der Waals surface area contributed by atoms with Crippen molar-refractivity contribution in [3.8, 4) is 0 Å². The van der Waals surface area contributed by atoms with E-state index in [2.05, 4.69) is 9.88 Å². The van der Waals surface area contributed by atoms with Crippen LogP contribution >= 0.6 is 0 Å². The molecule has 0 saturated heterocycles. The molecule has 0 saturated carbocycles. The van der Waals surface area contributed by atoms with Gasteiger partial charge in [-0.3, -0.25) is 18.9 Å². The number of carbonyl (C=O) groups is 2. The maximum Gasteiger partial charge on any atom is 0.490 e. The Morgan fingerprint density at radius 3 is 2.13 bits per heavy atom. The highest BCUT2D eigenvalue weighted by molar-refractivity contribution is 7.91. The molecular formula is C21H27F3N6O7S. The Morgan fingerprint density at radius 2 is 1.68 bits per heavy atom. The lowest BCUT2D eigenvalue weighted by Crippen LogP contribution is -2.43. The monoisotopic (exact) mass is 564 g/mol. The fourth-order valence-corrected chi connectivity index (χ4v) is 4.22. The molecule has 1 aromatic heterocycles. The average Bonchev–Trinajstić information content (AvgIpc) is 2.79. The summed E-state index contributed by atoms with van der Waals surface area (Å²) in [7, 11) is -3.90. The van der Waals surface area contributed by atoms with Crippen LogP contribution in [0.25, 0.3) is 0 Å². The largest absolute Gasteiger partial charge is 0.490 e. The molecule has 2 atom stereocenters. The van der Waals surface area contributed by atoms with Gasteiger partial charge < -0.3 is 27.1 Å². The number of carboxylic acid groups (broad SMARTS) is 1. The van der Waals surface area contributed by atoms with Crippen LogP contribution in [0.4, 0.5) is 18.9 Å². The number of hydrogen-bond acceptors (Lipinski definition) is 7. The van der Waals surface area contributed by atoms with Crippen molar-refractivity contribution < 1.29 is 41.1 Å². The highest BCUT2D eigenvalue weighted by Gasteiger charge is 2.38. The number of alkyl halides is 3. The summed E-state index contributed by atoms with van der Waals surface area (Å²) in [4.78, 5) is 39.4. The second kappa shape index (κ2) is 13.3. The third-order valence-corrected chi connectivity index (χ3v) is 5.89. The minimum atomic E-state index is -5.08. The smallest absolute Gasteiger partial charge is 0.475 e. The molecule has 0 bridgehead atoms. The first-order valence-electron chi connectivity index (χ1n) is 10.6. The number of nitrogens with zero attached hydrogens (tertiary/aromatic N) is 2. The molecule has 2 rings (SSSR count). The number of carboxylic acids is 1. The summed E-state index contributed by atoms with van der Waals surface area (Å²) in [5.41, 5.74) is 16.0. The molecule has 1 heterocycles. The molecule has 0 aliphatic carbocycles. The second-order valence-corrected chi connectivity index (χ2v) is 9.35. The molecule has 38 heavy (non-hydrogen) atoms. The van der Waals surface area contributed by atoms with Crippen LogP contribution in [0.2, 0.25) is 0 Å². The number of anilines is 1. The summed E-state index contributed by atoms with van der Waals surface area (Å²) < 4.78 is 60.2. The number of halogens is 3. The number of benzene rings is 1. The normalized spacial score (nSPS) is 12.8. The molecule has 0 spiro atoms. The first-order valence-corrected chi connectivity index (χ1v) is 12.3. The number of nitrogens with one attached hydrogen (secondary N) is 1. The zero-order chi connectivity index (χ0) is 29.3. The van der Waals surface area contributed by atoms with Crippen molar-refractivity contribution in [1.29, 1.82) is 0 Å². The molecule has 1 aromatic carbocycles. The van der Waals surface area contributed by atoms with Crippen LogP contribution in [-0.2, 0) is 30.2 Å². The summed E-state index contributed by atoms with van der Waals surface area (Å²) in [5.74, 6) is -4.32. The Labute approximate surface area is 215 Å². The van der Waals surface area contributed by atoms with Crippen molar-refractivity contribution in [2.45, 2.75) is 44.3 Å². The average molecular weight is 565 g/mol. The van der Waals surface area contributed by atoms with Gasteiger partial charge in [0.05, 0.1) is 5.75 Å². The Bertz CT molecular complexity index is 1310. The fourth-order valence-electron chi connectivity index (χ4n) is 3.03. The highest BCUT2D eigenvalue weighted by atomic mass is 32.2. The van der Waals surface area contributed by atoms with E-state index in [1.165, 1.54) is 12.1 Å². The van der Waals surface area contributed by atoms with Crippen LogP contribution in [-0.4, -0.2) is 48.2 Å². The zero-order valence-electron chi connectivity index (χ0n) is 20.2. The number of carbonyl (C=O) groups excluding carboxylic acids is 1. The molecule has 1 amide bonds. The fraction of sp³-hybridized carbons (Fsp3) is 0.333. The summed E-state index contributed by atoms with van der Waals surface area (Å²) in [6.45, 7) is 3.27. The third-order valence-electron chi connectivity index (χ3n) is 4.65. The molecule has 0 aliphatic heterocycles. The lowest BCUT2D eigenvalue weighted by Gasteiger charge is -2.26. The topological polar surface area (TPSA) is 222 Å². The number of sulfonamides is 1. The van der Waals surface area contributed by atoms with Gasteiger partial charge in [-0.15, -0.1) is 0 Å². The minimum Gasteiger partial charge on any atom is -0.475 e. The van der Waals surface area contributed by atoms with E-state index < -0.39 is 45.8 Å². The van der Waals surface area contributed by atoms with Crippen LogP contribution in [0.15, 0.2) is 52.4 Å². The number of primary amides is 1. The van der Waals surface area contributed by atoms with E-state index in [1.807, 2.05) is 0 Å². The molecule has 0 aliphatic rings. The number of aliphatic carboxylic acids is 1. The van der Waals surface area contributed by atoms with Gasteiger partial charge in [0.15, 0.2) is 12.1 Å². The first kappa shape index (κ1) is 31.7. The van der Waals surface area contributed by atoms with Gasteiger partial charge in [0.25, 0.3) is 5.56 Å². The van der Waals surface area contributed by atoms with Crippen LogP contribution in [0.5, 0.6) is 0 Å². The number of pyridine rings is 1. The van der Waals surface area contributed by atoms with Gasteiger partial charge in [0.2, 0.25) is 21.9 Å². The lowest BCUT2D eigenvalue weighted by atomic mass is 10.1. The van der Waals surface area contributed by atoms with E-state index >= 15 is 0 Å². The van der Waals surface area contributed by atoms with Crippen molar-refractivity contribution >= 4 is 33.5 Å². The van der Waals surface area contributed by atoms with E-state index in [4.69, 9.17) is 31.9 Å². The van der Waals surface area contributed by atoms with E-state index in [1.54, 1.807) is 44.2 Å². The summed E-state index contributed by atoms with van der Waals surface area (Å²) >= 11 is 0. The number of guanidine groups is 1. The van der Waals surface area contributed by atoms with Gasteiger partial charge in [-0.1, -0.05) is 37.3 Å². The van der Waals surface area contributed by atoms with Crippen molar-refractivity contribution in [2.24, 2.45) is 22.4 Å². The first-order chi connectivity index (χ1) is 17.5. The van der Waals surface area contributed by atoms with Crippen molar-refractivity contribution in [1.82, 2.24) is 4.57 Å². The van der Waals surface area contributed by atoms with E-state index in [0.29, 0.717) is 11.3 Å². The van der Waals surface area contributed by atoms with Gasteiger partial charge in [0, 0.05) is 5.69 Å². The summed E-state index contributed by atoms with van der Waals surface area (Å²) in [5, 5.41) is 10.6. The van der Waals surface area contributed by atoms with Gasteiger partial charge in [0.1, 0.15) is 5.69 Å². The van der Waals surface area contributed by atoms with Crippen molar-refractivity contribution in [3.05, 3.63) is 64.1 Å². The predicted molar refractivity (Wildman–Crippen MR) is 131 cm³/mol. The number of aromatic nitrogens is 1. The predicted octanol–water partition coefficient (Wildman–Crippen LogP) is 0.742. The molecule has 0 radical (unpaired) electrons. The summed E-state index contributed by atoms with van der Waals surface area (Å²) in [6, 6.07) is 10.0. The molecule has 2 unspecified atom stereocenters. The highest BCUT2D eigenvalue weighted by Crippen LogP contribution is 2.20. The molecule has 17 heteroatoms. The van der Waals surface area contributed by atoms with E-state index in [9.17, 15) is 31.2 Å². The zero-order valence-corrected chi connectivity index (χ0v) is 21.0. The maximum atomic E-state index is 13.1. The Kier molecular flexibility index (Phi) is 11.1. The van der Waals surface area contributed by atoms with Crippen molar-refractivity contribution in [3.63, 3.8) is 0 Å². The third kappa shape index (κ3) is 9.64. The number of oxime groups is 1. The van der Waals surface area contributed by atoms with Gasteiger partial charge in [-0.2, -0.15) is 13.2 Å². The molecule has 210 valence electrons. The van der Waals surface area contributed by atoms with Crippen LogP contribution in [0.3, 0.4) is 0 Å². The van der Waals surface area contributed by atoms with E-state index in [-0.39, 0.29) is 23.8 Å². The number of hydrogen-bond donors (Lipinski definition) is 5. The van der Waals surface area contributed by atoms with Crippen LogP contribution in [0.1, 0.15) is 30.6 Å². The van der Waals surface area contributed by atoms with Gasteiger partial charge in [-0.05, 0) is 36.2 Å². The standard InChI is InChI=1S/C19H26N6O5S.C2HF3O2/c1-3-15(30-23-19(21)22)16(17(20)26)25-12(2)9-10-14(18(25)27)24-31(28,29)11-13-7-5-4-6-8-13;3-2(4,5)1(6)7/h4-10,15-16,24H,3,11H2,1-2H3,(H2,20,26)(H4,21,22,23);(H,6,7). The molecule has 8 N–H and O–H groups in total. The Hall–Kier alpha value is -4.28. The number of aryl methyl sites for hydroxylation is 1. The van der Waals surface area contributed by atoms with Crippen LogP contribution < -0.4 is 27.5 Å². The Balaban J connectivity index is 0.000000905. The minimum absolute atomic E-state index is 0.232. The number of amides is 1. The van der Waals surface area contributed by atoms with Gasteiger partial charge in [-0.25, -0.2) is 13.2 Å². The van der Waals surface area contributed by atoms with Crippen molar-refractivity contribution in [2.75, 3.05) is 4.72 Å². The molecule has 2 aromatic rings. The SMILES string of the molecule is CCC(ON=C(N)N)C(C(N)=O)n1c(C)ccc(NS(=O)(=O)Cc2ccccc2)c1=O.O=C(O)C(F)(F)F. The quantitative estimate of drug-likeness (QED) is 0.156. The number of nitrogens with two attached hydrogens (primary N) is 3. The van der Waals surface area contributed by atoms with Gasteiger partial charge >= 0.3 is 12.1 Å². The van der Waals surface area contributed by atoms with E-state index in [0.717, 1.165) is 4.57 Å². The Morgan fingerprint density at radius 1 is 1.13 bits per heavy atom. The lowest BCUT2D eigenvalue weighted by molar-refractivity contribution is -0.192. The molecule has 0 fully saturated rings. The molecule has 13 nitrogen and oxygen atoms in total. The summed E-state index contributed by atoms with van der Waals surface area (Å²) in [6.07, 6.45) is -5.81. The second-order valence-electron chi connectivity index (χ2n) is 7.63.